The van der Waals surface area contributed by atoms with Gasteiger partial charge in [-0.1, -0.05) is 27.2 Å². The molecule has 0 fully saturated rings. The van der Waals surface area contributed by atoms with E-state index in [1.165, 1.54) is 12.0 Å². The first-order chi connectivity index (χ1) is 10.1. The zero-order valence-corrected chi connectivity index (χ0v) is 12.7. The largest absolute Gasteiger partial charge is 0.382 e. The highest BCUT2D eigenvalue weighted by Gasteiger charge is 2.16. The van der Waals surface area contributed by atoms with Gasteiger partial charge in [-0.3, -0.25) is 5.10 Å². The predicted octanol–water partition coefficient (Wildman–Crippen LogP) is 3.63. The van der Waals surface area contributed by atoms with E-state index in [1.54, 1.807) is 0 Å². The maximum Gasteiger partial charge on any atom is 0.162 e. The van der Waals surface area contributed by atoms with E-state index in [4.69, 9.17) is 5.73 Å². The molecule has 1 atom stereocenters. The molecule has 3 N–H and O–H groups in total. The molecule has 5 nitrogen and oxygen atoms in total. The number of hydrogen-bond donors (Lipinski definition) is 2. The average Bonchev–Trinajstić information content (AvgIpc) is 2.94. The fourth-order valence-electron chi connectivity index (χ4n) is 2.82. The van der Waals surface area contributed by atoms with Gasteiger partial charge in [0.2, 0.25) is 0 Å². The molecule has 0 radical (unpaired) electrons. The van der Waals surface area contributed by atoms with E-state index >= 15 is 0 Å². The Morgan fingerprint density at radius 3 is 2.81 bits per heavy atom. The molecule has 0 aliphatic carbocycles. The number of aromatic amines is 1. The summed E-state index contributed by atoms with van der Waals surface area (Å²) in [7, 11) is 0. The van der Waals surface area contributed by atoms with Crippen molar-refractivity contribution in [3.63, 3.8) is 0 Å². The SMILES string of the molecule is CC(C)CCC(C)c1ccnc2nc(N)c3[nH]ncc3c12. The van der Waals surface area contributed by atoms with Crippen molar-refractivity contribution in [3.8, 4) is 0 Å². The van der Waals surface area contributed by atoms with Crippen LogP contribution in [0.2, 0.25) is 0 Å². The van der Waals surface area contributed by atoms with Crippen LogP contribution in [0.5, 0.6) is 0 Å². The highest BCUT2D eigenvalue weighted by Crippen LogP contribution is 2.33. The summed E-state index contributed by atoms with van der Waals surface area (Å²) in [6, 6.07) is 2.09. The number of nitrogens with two attached hydrogens (primary N) is 1. The van der Waals surface area contributed by atoms with Gasteiger partial charge in [-0.05, 0) is 29.9 Å². The van der Waals surface area contributed by atoms with Gasteiger partial charge in [-0.25, -0.2) is 9.97 Å². The predicted molar refractivity (Wildman–Crippen MR) is 86.1 cm³/mol. The number of nitrogen functional groups attached to an aromatic ring is 1. The van der Waals surface area contributed by atoms with E-state index in [-0.39, 0.29) is 0 Å². The van der Waals surface area contributed by atoms with Crippen LogP contribution in [0, 0.1) is 5.92 Å². The van der Waals surface area contributed by atoms with Crippen molar-refractivity contribution in [2.75, 3.05) is 5.73 Å². The third-order valence-corrected chi connectivity index (χ3v) is 4.06. The Morgan fingerprint density at radius 1 is 1.24 bits per heavy atom. The molecular formula is C16H21N5. The fraction of sp³-hybridized carbons (Fsp3) is 0.438. The number of nitrogens with zero attached hydrogens (tertiary/aromatic N) is 3. The Hall–Kier alpha value is -2.17. The molecule has 3 heterocycles. The first-order valence-electron chi connectivity index (χ1n) is 7.45. The Kier molecular flexibility index (Phi) is 3.49. The maximum atomic E-state index is 5.97. The first-order valence-corrected chi connectivity index (χ1v) is 7.45. The van der Waals surface area contributed by atoms with Crippen LogP contribution in [0.4, 0.5) is 5.82 Å². The Labute approximate surface area is 124 Å². The number of aromatic nitrogens is 4. The molecule has 0 bridgehead atoms. The second-order valence-electron chi connectivity index (χ2n) is 6.13. The summed E-state index contributed by atoms with van der Waals surface area (Å²) in [5.74, 6) is 1.62. The van der Waals surface area contributed by atoms with Crippen LogP contribution in [-0.2, 0) is 0 Å². The summed E-state index contributed by atoms with van der Waals surface area (Å²) in [6.07, 6.45) is 6.00. The number of nitrogens with one attached hydrogen (secondary N) is 1. The molecule has 0 saturated carbocycles. The van der Waals surface area contributed by atoms with Crippen molar-refractivity contribution in [2.45, 2.75) is 39.5 Å². The van der Waals surface area contributed by atoms with Crippen molar-refractivity contribution in [3.05, 3.63) is 24.0 Å². The van der Waals surface area contributed by atoms with Crippen molar-refractivity contribution in [2.24, 2.45) is 5.92 Å². The topological polar surface area (TPSA) is 80.5 Å². The summed E-state index contributed by atoms with van der Waals surface area (Å²) in [5.41, 5.74) is 8.75. The van der Waals surface area contributed by atoms with E-state index in [0.717, 1.165) is 22.7 Å². The van der Waals surface area contributed by atoms with Crippen LogP contribution in [0.25, 0.3) is 21.9 Å². The molecule has 0 spiro atoms. The molecule has 0 aliphatic rings. The minimum absolute atomic E-state index is 0.453. The van der Waals surface area contributed by atoms with Gasteiger partial charge in [0.1, 0.15) is 5.52 Å². The molecule has 3 aromatic heterocycles. The highest BCUT2D eigenvalue weighted by molar-refractivity contribution is 6.08. The van der Waals surface area contributed by atoms with Crippen LogP contribution in [0.3, 0.4) is 0 Å². The normalized spacial score (nSPS) is 13.3. The van der Waals surface area contributed by atoms with Crippen molar-refractivity contribution in [1.29, 1.82) is 0 Å². The van der Waals surface area contributed by atoms with Crippen LogP contribution in [0.1, 0.15) is 45.1 Å². The molecular weight excluding hydrogens is 262 g/mol. The van der Waals surface area contributed by atoms with E-state index in [9.17, 15) is 0 Å². The first kappa shape index (κ1) is 13.8. The second kappa shape index (κ2) is 5.31. The van der Waals surface area contributed by atoms with Crippen LogP contribution >= 0.6 is 0 Å². The summed E-state index contributed by atoms with van der Waals surface area (Å²) >= 11 is 0. The van der Waals surface area contributed by atoms with Gasteiger partial charge in [0.25, 0.3) is 0 Å². The molecule has 0 saturated heterocycles. The number of fused-ring (bicyclic) bond motifs is 3. The van der Waals surface area contributed by atoms with E-state index in [1.807, 2.05) is 12.4 Å². The maximum absolute atomic E-state index is 5.97. The number of anilines is 1. The summed E-state index contributed by atoms with van der Waals surface area (Å²) in [6.45, 7) is 6.78. The van der Waals surface area contributed by atoms with E-state index in [0.29, 0.717) is 23.3 Å². The summed E-state index contributed by atoms with van der Waals surface area (Å²) in [4.78, 5) is 8.79. The Morgan fingerprint density at radius 2 is 2.05 bits per heavy atom. The molecule has 0 aromatic carbocycles. The molecule has 0 aliphatic heterocycles. The third kappa shape index (κ3) is 2.44. The van der Waals surface area contributed by atoms with Gasteiger partial charge in [0, 0.05) is 17.0 Å². The van der Waals surface area contributed by atoms with Crippen molar-refractivity contribution >= 4 is 27.8 Å². The van der Waals surface area contributed by atoms with Crippen LogP contribution in [-0.4, -0.2) is 20.2 Å². The molecule has 3 aromatic rings. The molecule has 21 heavy (non-hydrogen) atoms. The molecule has 5 heteroatoms. The van der Waals surface area contributed by atoms with Gasteiger partial charge >= 0.3 is 0 Å². The van der Waals surface area contributed by atoms with E-state index in [2.05, 4.69) is 47.0 Å². The lowest BCUT2D eigenvalue weighted by Gasteiger charge is -2.16. The lowest BCUT2D eigenvalue weighted by Crippen LogP contribution is -2.01. The quantitative estimate of drug-likeness (QED) is 0.766. The highest BCUT2D eigenvalue weighted by atomic mass is 15.1. The van der Waals surface area contributed by atoms with E-state index < -0.39 is 0 Å². The zero-order valence-electron chi connectivity index (χ0n) is 12.7. The summed E-state index contributed by atoms with van der Waals surface area (Å²) < 4.78 is 0. The minimum atomic E-state index is 0.453. The third-order valence-electron chi connectivity index (χ3n) is 4.06. The number of hydrogen-bond acceptors (Lipinski definition) is 4. The monoisotopic (exact) mass is 283 g/mol. The van der Waals surface area contributed by atoms with Crippen molar-refractivity contribution in [1.82, 2.24) is 20.2 Å². The average molecular weight is 283 g/mol. The van der Waals surface area contributed by atoms with Gasteiger partial charge in [0.15, 0.2) is 11.5 Å². The number of H-pyrrole nitrogens is 1. The lowest BCUT2D eigenvalue weighted by molar-refractivity contribution is 0.518. The lowest BCUT2D eigenvalue weighted by atomic mass is 9.91. The fourth-order valence-corrected chi connectivity index (χ4v) is 2.82. The minimum Gasteiger partial charge on any atom is -0.382 e. The smallest absolute Gasteiger partial charge is 0.162 e. The van der Waals surface area contributed by atoms with Gasteiger partial charge < -0.3 is 5.73 Å². The zero-order chi connectivity index (χ0) is 15.0. The second-order valence-corrected chi connectivity index (χ2v) is 6.13. The molecule has 1 unspecified atom stereocenters. The van der Waals surface area contributed by atoms with Crippen LogP contribution in [0.15, 0.2) is 18.5 Å². The van der Waals surface area contributed by atoms with Gasteiger partial charge in [-0.15, -0.1) is 0 Å². The van der Waals surface area contributed by atoms with Crippen LogP contribution < -0.4 is 5.73 Å². The summed E-state index contributed by atoms with van der Waals surface area (Å²) in [5, 5.41) is 9.13. The van der Waals surface area contributed by atoms with Crippen molar-refractivity contribution < 1.29 is 0 Å². The number of rotatable bonds is 4. The molecule has 3 rings (SSSR count). The Balaban J connectivity index is 2.16. The standard InChI is InChI=1S/C16H21N5/c1-9(2)4-5-10(3)11-6-7-18-16-13(11)12-8-19-21-14(12)15(17)20-16/h6-10H,4-5H2,1-3H3,(H,19,21)(H2,17,18,20). The van der Waals surface area contributed by atoms with Gasteiger partial charge in [-0.2, -0.15) is 5.10 Å². The molecule has 0 amide bonds. The molecule has 110 valence electrons. The Bertz CT molecular complexity index is 775. The van der Waals surface area contributed by atoms with Gasteiger partial charge in [0.05, 0.1) is 6.20 Å². The number of pyridine rings is 2.